The molecule has 122 valence electrons. The number of nitrogens with one attached hydrogen (secondary N) is 1. The molecule has 2 heterocycles. The molecule has 4 nitrogen and oxygen atoms in total. The molecule has 2 amide bonds. The summed E-state index contributed by atoms with van der Waals surface area (Å²) in [6.45, 7) is 5.98. The van der Waals surface area contributed by atoms with Crippen LogP contribution in [0.4, 0.5) is 11.4 Å². The van der Waals surface area contributed by atoms with Crippen LogP contribution in [0.3, 0.4) is 0 Å². The van der Waals surface area contributed by atoms with Gasteiger partial charge in [0, 0.05) is 11.3 Å². The number of benzene rings is 2. The summed E-state index contributed by atoms with van der Waals surface area (Å²) in [5, 5.41) is 2.99. The molecule has 2 aromatic carbocycles. The summed E-state index contributed by atoms with van der Waals surface area (Å²) in [5.74, 6) is 0.129. The van der Waals surface area contributed by atoms with Crippen LogP contribution in [0.15, 0.2) is 36.4 Å². The van der Waals surface area contributed by atoms with Crippen molar-refractivity contribution in [1.82, 2.24) is 0 Å². The quantitative estimate of drug-likeness (QED) is 0.866. The van der Waals surface area contributed by atoms with Gasteiger partial charge in [0.25, 0.3) is 5.91 Å². The molecule has 1 atom stereocenters. The zero-order valence-corrected chi connectivity index (χ0v) is 14.7. The lowest BCUT2D eigenvalue weighted by Crippen LogP contribution is -2.47. The molecule has 0 bridgehead atoms. The maximum absolute atomic E-state index is 13.0. The second-order valence-electron chi connectivity index (χ2n) is 6.46. The van der Waals surface area contributed by atoms with Crippen molar-refractivity contribution in [1.29, 1.82) is 0 Å². The molecule has 0 saturated carbocycles. The van der Waals surface area contributed by atoms with Gasteiger partial charge in [-0.15, -0.1) is 11.8 Å². The van der Waals surface area contributed by atoms with Crippen molar-refractivity contribution in [2.24, 2.45) is 0 Å². The molecule has 0 aliphatic carbocycles. The third kappa shape index (κ3) is 1.94. The van der Waals surface area contributed by atoms with Crippen LogP contribution in [0.1, 0.15) is 22.3 Å². The smallest absolute Gasteiger partial charge is 0.266 e. The minimum absolute atomic E-state index is 0.0329. The van der Waals surface area contributed by atoms with E-state index in [0.717, 1.165) is 33.6 Å². The van der Waals surface area contributed by atoms with Gasteiger partial charge in [-0.05, 0) is 49.6 Å². The number of nitrogens with zero attached hydrogens (tertiary/aromatic N) is 1. The Labute approximate surface area is 145 Å². The number of hydrogen-bond acceptors (Lipinski definition) is 3. The number of carbonyl (C=O) groups excluding carboxylic acids is 2. The maximum Gasteiger partial charge on any atom is 0.266 e. The first-order chi connectivity index (χ1) is 11.4. The molecule has 1 N–H and O–H groups in total. The molecule has 2 aromatic rings. The summed E-state index contributed by atoms with van der Waals surface area (Å²) in [6, 6.07) is 11.9. The molecule has 1 unspecified atom stereocenters. The van der Waals surface area contributed by atoms with Crippen LogP contribution < -0.4 is 10.2 Å². The first-order valence-electron chi connectivity index (χ1n) is 7.90. The van der Waals surface area contributed by atoms with Gasteiger partial charge in [0.1, 0.15) is 0 Å². The zero-order valence-electron chi connectivity index (χ0n) is 13.8. The highest BCUT2D eigenvalue weighted by atomic mass is 32.2. The number of para-hydroxylation sites is 1. The first kappa shape index (κ1) is 15.3. The predicted octanol–water partition coefficient (Wildman–Crippen LogP) is 3.50. The highest BCUT2D eigenvalue weighted by molar-refractivity contribution is 8.02. The van der Waals surface area contributed by atoms with Crippen LogP contribution in [0, 0.1) is 20.8 Å². The van der Waals surface area contributed by atoms with Gasteiger partial charge < -0.3 is 5.32 Å². The molecule has 24 heavy (non-hydrogen) atoms. The Balaban J connectivity index is 1.96. The van der Waals surface area contributed by atoms with Crippen LogP contribution in [0.5, 0.6) is 0 Å². The van der Waals surface area contributed by atoms with E-state index in [1.807, 2.05) is 51.1 Å². The Kier molecular flexibility index (Phi) is 3.25. The Morgan fingerprint density at radius 3 is 2.50 bits per heavy atom. The maximum atomic E-state index is 13.0. The molecule has 5 heteroatoms. The fourth-order valence-electron chi connectivity index (χ4n) is 3.68. The Morgan fingerprint density at radius 2 is 1.79 bits per heavy atom. The minimum atomic E-state index is -1.00. The van der Waals surface area contributed by atoms with E-state index in [1.54, 1.807) is 4.90 Å². The van der Waals surface area contributed by atoms with Crippen LogP contribution in [-0.2, 0) is 14.5 Å². The minimum Gasteiger partial charge on any atom is -0.322 e. The third-order valence-electron chi connectivity index (χ3n) is 4.62. The molecule has 2 aliphatic rings. The van der Waals surface area contributed by atoms with Gasteiger partial charge in [-0.3, -0.25) is 14.5 Å². The molecular formula is C19H18N2O2S. The number of rotatable bonds is 1. The van der Waals surface area contributed by atoms with Crippen molar-refractivity contribution >= 4 is 35.0 Å². The average molecular weight is 338 g/mol. The van der Waals surface area contributed by atoms with Crippen molar-refractivity contribution in [3.05, 3.63) is 58.7 Å². The largest absolute Gasteiger partial charge is 0.322 e. The normalized spacial score (nSPS) is 22.2. The van der Waals surface area contributed by atoms with Crippen molar-refractivity contribution in [3.63, 3.8) is 0 Å². The second-order valence-corrected chi connectivity index (χ2v) is 7.63. The van der Waals surface area contributed by atoms with Gasteiger partial charge in [-0.2, -0.15) is 0 Å². The van der Waals surface area contributed by atoms with Crippen molar-refractivity contribution < 1.29 is 9.59 Å². The fourth-order valence-corrected chi connectivity index (χ4v) is 4.98. The first-order valence-corrected chi connectivity index (χ1v) is 8.89. The SMILES string of the molecule is Cc1cc(C)cc(N2C(=O)CSC23C(=O)Nc2c(C)cccc23)c1. The zero-order chi connectivity index (χ0) is 17.1. The summed E-state index contributed by atoms with van der Waals surface area (Å²) in [7, 11) is 0. The summed E-state index contributed by atoms with van der Waals surface area (Å²) in [4.78, 5) is 26.4. The number of aryl methyl sites for hydroxylation is 3. The average Bonchev–Trinajstić information content (AvgIpc) is 3.00. The number of anilines is 2. The van der Waals surface area contributed by atoms with Gasteiger partial charge in [-0.25, -0.2) is 0 Å². The standard InChI is InChI=1S/C19H18N2O2S/c1-11-7-12(2)9-14(8-11)21-16(22)10-24-19(21)15-6-4-5-13(3)17(15)20-18(19)23/h4-9H,10H2,1-3H3,(H,20,23). The molecule has 1 spiro atoms. The lowest BCUT2D eigenvalue weighted by molar-refractivity contribution is -0.122. The van der Waals surface area contributed by atoms with Gasteiger partial charge in [-0.1, -0.05) is 24.3 Å². The summed E-state index contributed by atoms with van der Waals surface area (Å²) >= 11 is 1.40. The topological polar surface area (TPSA) is 49.4 Å². The van der Waals surface area contributed by atoms with Gasteiger partial charge in [0.05, 0.1) is 11.4 Å². The number of hydrogen-bond donors (Lipinski definition) is 1. The predicted molar refractivity (Wildman–Crippen MR) is 97.3 cm³/mol. The number of thioether (sulfide) groups is 1. The van der Waals surface area contributed by atoms with E-state index < -0.39 is 4.87 Å². The van der Waals surface area contributed by atoms with Gasteiger partial charge in [0.2, 0.25) is 10.8 Å². The number of fused-ring (bicyclic) bond motifs is 2. The van der Waals surface area contributed by atoms with Gasteiger partial charge in [0.15, 0.2) is 0 Å². The van der Waals surface area contributed by atoms with Crippen LogP contribution >= 0.6 is 11.8 Å². The number of carbonyl (C=O) groups is 2. The third-order valence-corrected chi connectivity index (χ3v) is 6.01. The van der Waals surface area contributed by atoms with Crippen LogP contribution in [0.2, 0.25) is 0 Å². The van der Waals surface area contributed by atoms with E-state index in [0.29, 0.717) is 5.75 Å². The molecule has 1 saturated heterocycles. The van der Waals surface area contributed by atoms with E-state index in [2.05, 4.69) is 11.4 Å². The van der Waals surface area contributed by atoms with E-state index >= 15 is 0 Å². The Bertz CT molecular complexity index is 873. The van der Waals surface area contributed by atoms with E-state index in [1.165, 1.54) is 11.8 Å². The molecule has 0 radical (unpaired) electrons. The second kappa shape index (κ2) is 5.11. The highest BCUT2D eigenvalue weighted by Crippen LogP contribution is 2.54. The summed E-state index contributed by atoms with van der Waals surface area (Å²) in [6.07, 6.45) is 0. The van der Waals surface area contributed by atoms with E-state index in [9.17, 15) is 9.59 Å². The van der Waals surface area contributed by atoms with Crippen molar-refractivity contribution in [2.75, 3.05) is 16.0 Å². The monoisotopic (exact) mass is 338 g/mol. The Morgan fingerprint density at radius 1 is 1.08 bits per heavy atom. The van der Waals surface area contributed by atoms with Crippen molar-refractivity contribution in [3.8, 4) is 0 Å². The van der Waals surface area contributed by atoms with Crippen molar-refractivity contribution in [2.45, 2.75) is 25.6 Å². The van der Waals surface area contributed by atoms with E-state index in [4.69, 9.17) is 0 Å². The fraction of sp³-hybridized carbons (Fsp3) is 0.263. The summed E-state index contributed by atoms with van der Waals surface area (Å²) in [5.41, 5.74) is 5.66. The number of amides is 2. The molecule has 4 rings (SSSR count). The van der Waals surface area contributed by atoms with E-state index in [-0.39, 0.29) is 11.8 Å². The van der Waals surface area contributed by atoms with Crippen LogP contribution in [-0.4, -0.2) is 17.6 Å². The van der Waals surface area contributed by atoms with Gasteiger partial charge >= 0.3 is 0 Å². The Hall–Kier alpha value is -2.27. The summed E-state index contributed by atoms with van der Waals surface area (Å²) < 4.78 is 0. The molecule has 1 fully saturated rings. The highest BCUT2D eigenvalue weighted by Gasteiger charge is 2.58. The lowest BCUT2D eigenvalue weighted by Gasteiger charge is -2.32. The molecular weight excluding hydrogens is 320 g/mol. The molecule has 2 aliphatic heterocycles. The van der Waals surface area contributed by atoms with Crippen LogP contribution in [0.25, 0.3) is 0 Å². The lowest BCUT2D eigenvalue weighted by atomic mass is 10.0. The molecule has 0 aromatic heterocycles.